The van der Waals surface area contributed by atoms with Crippen molar-refractivity contribution >= 4 is 22.3 Å². The van der Waals surface area contributed by atoms with E-state index in [1.165, 1.54) is 31.2 Å². The first kappa shape index (κ1) is 13.5. The van der Waals surface area contributed by atoms with Gasteiger partial charge in [0.25, 0.3) is 5.69 Å². The summed E-state index contributed by atoms with van der Waals surface area (Å²) < 4.78 is 12.0. The third-order valence-corrected chi connectivity index (χ3v) is 3.85. The summed E-state index contributed by atoms with van der Waals surface area (Å²) in [5.41, 5.74) is -0.0371. The molecule has 0 N–H and O–H groups in total. The first-order valence-electron chi connectivity index (χ1n) is 5.06. The maximum atomic E-state index is 12.0. The van der Waals surface area contributed by atoms with Crippen LogP contribution in [0, 0.1) is 10.1 Å². The second-order valence-corrected chi connectivity index (χ2v) is 5.64. The van der Waals surface area contributed by atoms with Crippen LogP contribution in [0.15, 0.2) is 29.2 Å². The van der Waals surface area contributed by atoms with E-state index in [2.05, 4.69) is 0 Å². The lowest BCUT2D eigenvalue weighted by atomic mass is 10.2. The van der Waals surface area contributed by atoms with Crippen LogP contribution in [0.4, 0.5) is 5.69 Å². The molecule has 6 heteroatoms. The van der Waals surface area contributed by atoms with Gasteiger partial charge in [-0.15, -0.1) is 0 Å². The van der Waals surface area contributed by atoms with Crippen molar-refractivity contribution < 1.29 is 13.9 Å². The highest BCUT2D eigenvalue weighted by Crippen LogP contribution is 2.18. The summed E-state index contributed by atoms with van der Waals surface area (Å²) in [7, 11) is -1.31. The van der Waals surface area contributed by atoms with Gasteiger partial charge in [-0.25, -0.2) is 0 Å². The second-order valence-electron chi connectivity index (χ2n) is 3.77. The minimum Gasteiger partial charge on any atom is -0.300 e. The molecule has 1 aromatic carbocycles. The normalized spacial score (nSPS) is 14.0. The van der Waals surface area contributed by atoms with Gasteiger partial charge in [-0.1, -0.05) is 6.92 Å². The first-order valence-corrected chi connectivity index (χ1v) is 6.27. The van der Waals surface area contributed by atoms with E-state index in [4.69, 9.17) is 0 Å². The predicted octanol–water partition coefficient (Wildman–Crippen LogP) is 2.07. The van der Waals surface area contributed by atoms with Crippen molar-refractivity contribution in [2.24, 2.45) is 0 Å². The summed E-state index contributed by atoms with van der Waals surface area (Å²) in [4.78, 5) is 21.4. The predicted molar refractivity (Wildman–Crippen MR) is 64.3 cm³/mol. The molecule has 0 aliphatic heterocycles. The van der Waals surface area contributed by atoms with Crippen LogP contribution in [0.2, 0.25) is 0 Å². The van der Waals surface area contributed by atoms with Gasteiger partial charge >= 0.3 is 0 Å². The Morgan fingerprint density at radius 2 is 1.94 bits per heavy atom. The van der Waals surface area contributed by atoms with E-state index in [1.807, 2.05) is 0 Å². The standard InChI is InChI=1S/C11H13NO4S/c1-8(13)7-9(2)17(16)11-5-3-10(4-6-11)12(14)15/h3-6,9H,7H2,1-2H3. The molecular formula is C11H13NO4S. The number of carbonyl (C=O) groups is 1. The lowest BCUT2D eigenvalue weighted by Gasteiger charge is -2.09. The fraction of sp³-hybridized carbons (Fsp3) is 0.364. The summed E-state index contributed by atoms with van der Waals surface area (Å²) in [6.45, 7) is 3.17. The van der Waals surface area contributed by atoms with Gasteiger partial charge in [0.2, 0.25) is 0 Å². The number of non-ortho nitro benzene ring substituents is 1. The summed E-state index contributed by atoms with van der Waals surface area (Å²) in [6, 6.07) is 5.55. The molecule has 92 valence electrons. The maximum absolute atomic E-state index is 12.0. The van der Waals surface area contributed by atoms with Gasteiger partial charge in [-0.05, 0) is 19.1 Å². The summed E-state index contributed by atoms with van der Waals surface area (Å²) in [6.07, 6.45) is 0.240. The number of ketones is 1. The number of nitrogens with zero attached hydrogens (tertiary/aromatic N) is 1. The van der Waals surface area contributed by atoms with Gasteiger partial charge in [-0.3, -0.25) is 19.1 Å². The average Bonchev–Trinajstić information content (AvgIpc) is 2.27. The average molecular weight is 255 g/mol. The Hall–Kier alpha value is -1.56. The van der Waals surface area contributed by atoms with E-state index in [0.717, 1.165) is 0 Å². The summed E-state index contributed by atoms with van der Waals surface area (Å²) in [5.74, 6) is -0.0206. The molecule has 0 heterocycles. The van der Waals surface area contributed by atoms with Gasteiger partial charge in [-0.2, -0.15) is 0 Å². The Balaban J connectivity index is 2.82. The van der Waals surface area contributed by atoms with E-state index in [1.54, 1.807) is 6.92 Å². The number of carbonyl (C=O) groups excluding carboxylic acids is 1. The first-order chi connectivity index (χ1) is 7.91. The molecule has 0 aliphatic carbocycles. The molecule has 17 heavy (non-hydrogen) atoms. The van der Waals surface area contributed by atoms with Crippen molar-refractivity contribution in [1.82, 2.24) is 0 Å². The molecule has 1 rings (SSSR count). The molecule has 0 saturated heterocycles. The van der Waals surface area contributed by atoms with Crippen molar-refractivity contribution in [2.45, 2.75) is 30.4 Å². The van der Waals surface area contributed by atoms with E-state index in [0.29, 0.717) is 4.90 Å². The fourth-order valence-electron chi connectivity index (χ4n) is 1.41. The number of hydrogen-bond acceptors (Lipinski definition) is 4. The summed E-state index contributed by atoms with van der Waals surface area (Å²) >= 11 is 0. The highest BCUT2D eigenvalue weighted by molar-refractivity contribution is 7.85. The van der Waals surface area contributed by atoms with Crippen LogP contribution in [0.1, 0.15) is 20.3 Å². The van der Waals surface area contributed by atoms with Gasteiger partial charge in [0.05, 0.1) is 15.7 Å². The number of nitro groups is 1. The largest absolute Gasteiger partial charge is 0.300 e. The molecule has 0 aliphatic rings. The lowest BCUT2D eigenvalue weighted by molar-refractivity contribution is -0.384. The number of nitro benzene ring substituents is 1. The Labute approximate surface area is 101 Å². The number of hydrogen-bond donors (Lipinski definition) is 0. The van der Waals surface area contributed by atoms with Gasteiger partial charge in [0.15, 0.2) is 0 Å². The molecular weight excluding hydrogens is 242 g/mol. The number of benzene rings is 1. The van der Waals surface area contributed by atoms with Gasteiger partial charge in [0.1, 0.15) is 5.78 Å². The quantitative estimate of drug-likeness (QED) is 0.596. The van der Waals surface area contributed by atoms with Crippen LogP contribution in [0.25, 0.3) is 0 Å². The minimum absolute atomic E-state index is 0.0206. The minimum atomic E-state index is -1.31. The third kappa shape index (κ3) is 3.74. The molecule has 0 saturated carbocycles. The SMILES string of the molecule is CC(=O)CC(C)S(=O)c1ccc([N+](=O)[O-])cc1. The number of rotatable bonds is 5. The zero-order valence-electron chi connectivity index (χ0n) is 9.58. The molecule has 0 fully saturated rings. The molecule has 1 aromatic rings. The second kappa shape index (κ2) is 5.67. The molecule has 0 aromatic heterocycles. The number of Topliss-reactive ketones (excluding diaryl/α,β-unsaturated/α-hetero) is 1. The maximum Gasteiger partial charge on any atom is 0.269 e. The zero-order valence-corrected chi connectivity index (χ0v) is 10.4. The van der Waals surface area contributed by atoms with Crippen molar-refractivity contribution in [1.29, 1.82) is 0 Å². The Kier molecular flexibility index (Phi) is 4.51. The molecule has 0 spiro atoms. The van der Waals surface area contributed by atoms with Gasteiger partial charge < -0.3 is 0 Å². The van der Waals surface area contributed by atoms with Crippen LogP contribution >= 0.6 is 0 Å². The lowest BCUT2D eigenvalue weighted by Crippen LogP contribution is -2.14. The molecule has 2 unspecified atom stereocenters. The molecule has 2 atom stereocenters. The van der Waals surface area contributed by atoms with Crippen molar-refractivity contribution in [2.75, 3.05) is 0 Å². The smallest absolute Gasteiger partial charge is 0.269 e. The van der Waals surface area contributed by atoms with E-state index < -0.39 is 15.7 Å². The summed E-state index contributed by atoms with van der Waals surface area (Å²) in [5, 5.41) is 10.2. The van der Waals surface area contributed by atoms with E-state index in [-0.39, 0.29) is 23.1 Å². The van der Waals surface area contributed by atoms with Crippen molar-refractivity contribution in [3.63, 3.8) is 0 Å². The van der Waals surface area contributed by atoms with Crippen LogP contribution in [-0.4, -0.2) is 20.2 Å². The topological polar surface area (TPSA) is 77.3 Å². The Morgan fingerprint density at radius 3 is 2.35 bits per heavy atom. The van der Waals surface area contributed by atoms with Crippen LogP contribution in [0.5, 0.6) is 0 Å². The van der Waals surface area contributed by atoms with Crippen LogP contribution in [0.3, 0.4) is 0 Å². The van der Waals surface area contributed by atoms with Crippen LogP contribution in [-0.2, 0) is 15.6 Å². The van der Waals surface area contributed by atoms with Crippen molar-refractivity contribution in [3.8, 4) is 0 Å². The fourth-order valence-corrected chi connectivity index (χ4v) is 2.67. The third-order valence-electron chi connectivity index (χ3n) is 2.22. The molecule has 5 nitrogen and oxygen atoms in total. The Bertz CT molecular complexity index is 455. The van der Waals surface area contributed by atoms with Gasteiger partial charge in [0, 0.05) is 28.7 Å². The highest BCUT2D eigenvalue weighted by Gasteiger charge is 2.16. The molecule has 0 radical (unpaired) electrons. The monoisotopic (exact) mass is 255 g/mol. The van der Waals surface area contributed by atoms with Crippen LogP contribution < -0.4 is 0 Å². The highest BCUT2D eigenvalue weighted by atomic mass is 32.2. The van der Waals surface area contributed by atoms with E-state index >= 15 is 0 Å². The Morgan fingerprint density at radius 1 is 1.41 bits per heavy atom. The van der Waals surface area contributed by atoms with E-state index in [9.17, 15) is 19.1 Å². The molecule has 0 amide bonds. The molecule has 0 bridgehead atoms. The van der Waals surface area contributed by atoms with Crippen molar-refractivity contribution in [3.05, 3.63) is 34.4 Å². The zero-order chi connectivity index (χ0) is 13.0.